The predicted octanol–water partition coefficient (Wildman–Crippen LogP) is 1.17. The molecule has 0 saturated heterocycles. The zero-order valence-electron chi connectivity index (χ0n) is 9.88. The molecule has 0 aliphatic carbocycles. The average Bonchev–Trinajstić information content (AvgIpc) is 2.74. The number of sulfonamides is 1. The number of aliphatic hydroxyl groups is 1. The summed E-state index contributed by atoms with van der Waals surface area (Å²) in [5, 5.41) is 15.4. The van der Waals surface area contributed by atoms with Crippen LogP contribution in [0.25, 0.3) is 0 Å². The Balaban J connectivity index is 2.37. The van der Waals surface area contributed by atoms with Crippen molar-refractivity contribution >= 4 is 31.8 Å². The van der Waals surface area contributed by atoms with Crippen molar-refractivity contribution in [1.29, 1.82) is 0 Å². The molecule has 0 aliphatic rings. The number of pyridine rings is 1. The van der Waals surface area contributed by atoms with Gasteiger partial charge in [0.15, 0.2) is 0 Å². The first-order valence-corrected chi connectivity index (χ1v) is 7.50. The van der Waals surface area contributed by atoms with Gasteiger partial charge < -0.3 is 5.11 Å². The largest absolute Gasteiger partial charge is 0.390 e. The lowest BCUT2D eigenvalue weighted by atomic mass is 10.4. The van der Waals surface area contributed by atoms with Gasteiger partial charge in [-0.3, -0.25) is 9.82 Å². The lowest BCUT2D eigenvalue weighted by molar-refractivity contribution is 0.273. The first kappa shape index (κ1) is 14.0. The van der Waals surface area contributed by atoms with Gasteiger partial charge in [0, 0.05) is 10.7 Å². The van der Waals surface area contributed by atoms with E-state index in [4.69, 9.17) is 5.11 Å². The van der Waals surface area contributed by atoms with Crippen LogP contribution in [0.4, 0.5) is 5.82 Å². The Morgan fingerprint density at radius 3 is 2.79 bits per heavy atom. The van der Waals surface area contributed by atoms with Crippen molar-refractivity contribution in [2.75, 3.05) is 4.72 Å². The lowest BCUT2D eigenvalue weighted by Gasteiger charge is -2.07. The summed E-state index contributed by atoms with van der Waals surface area (Å²) < 4.78 is 27.5. The van der Waals surface area contributed by atoms with E-state index in [9.17, 15) is 8.42 Å². The van der Waals surface area contributed by atoms with Crippen LogP contribution >= 0.6 is 15.9 Å². The molecule has 0 fully saturated rings. The zero-order chi connectivity index (χ0) is 14.0. The van der Waals surface area contributed by atoms with E-state index in [-0.39, 0.29) is 16.4 Å². The third-order valence-electron chi connectivity index (χ3n) is 2.35. The maximum atomic E-state index is 12.2. The van der Waals surface area contributed by atoms with Gasteiger partial charge in [-0.1, -0.05) is 0 Å². The summed E-state index contributed by atoms with van der Waals surface area (Å²) in [4.78, 5) is 3.87. The molecule has 0 atom stereocenters. The average molecular weight is 347 g/mol. The fourth-order valence-electron chi connectivity index (χ4n) is 1.56. The highest BCUT2D eigenvalue weighted by Crippen LogP contribution is 2.21. The van der Waals surface area contributed by atoms with Crippen molar-refractivity contribution < 1.29 is 13.5 Å². The summed E-state index contributed by atoms with van der Waals surface area (Å²) in [7, 11) is -3.84. The summed E-state index contributed by atoms with van der Waals surface area (Å²) in [5.74, 6) is 0.188. The molecule has 2 rings (SSSR count). The molecule has 0 bridgehead atoms. The predicted molar refractivity (Wildman–Crippen MR) is 72.0 cm³/mol. The fraction of sp³-hybridized carbons (Fsp3) is 0.200. The summed E-state index contributed by atoms with van der Waals surface area (Å²) in [6.45, 7) is 1.10. The molecule has 19 heavy (non-hydrogen) atoms. The maximum absolute atomic E-state index is 12.2. The number of aliphatic hydroxyl groups excluding tert-OH is 1. The van der Waals surface area contributed by atoms with Gasteiger partial charge in [-0.25, -0.2) is 13.4 Å². The molecule has 9 heteroatoms. The molecular formula is C10H11BrN4O3S. The van der Waals surface area contributed by atoms with E-state index in [0.717, 1.165) is 4.47 Å². The summed E-state index contributed by atoms with van der Waals surface area (Å²) >= 11 is 3.21. The number of hydrogen-bond acceptors (Lipinski definition) is 5. The molecule has 0 amide bonds. The van der Waals surface area contributed by atoms with Crippen molar-refractivity contribution in [2.24, 2.45) is 0 Å². The summed E-state index contributed by atoms with van der Waals surface area (Å²) in [5.41, 5.74) is 0.427. The molecule has 0 radical (unpaired) electrons. The first-order chi connectivity index (χ1) is 8.94. The molecule has 102 valence electrons. The molecule has 2 heterocycles. The quantitative estimate of drug-likeness (QED) is 0.769. The van der Waals surface area contributed by atoms with E-state index < -0.39 is 16.6 Å². The van der Waals surface area contributed by atoms with E-state index in [1.807, 2.05) is 0 Å². The SMILES string of the molecule is Cc1[nH]nc(CO)c1S(=O)(=O)Nc1ccc(Br)cn1. The van der Waals surface area contributed by atoms with Gasteiger partial charge in [0.1, 0.15) is 16.4 Å². The zero-order valence-corrected chi connectivity index (χ0v) is 12.3. The van der Waals surface area contributed by atoms with Gasteiger partial charge in [-0.2, -0.15) is 5.10 Å². The molecular weight excluding hydrogens is 336 g/mol. The first-order valence-electron chi connectivity index (χ1n) is 5.23. The van der Waals surface area contributed by atoms with Crippen molar-refractivity contribution in [3.05, 3.63) is 34.2 Å². The molecule has 0 aromatic carbocycles. The Morgan fingerprint density at radius 1 is 1.47 bits per heavy atom. The number of H-pyrrole nitrogens is 1. The smallest absolute Gasteiger partial charge is 0.266 e. The van der Waals surface area contributed by atoms with Gasteiger partial charge >= 0.3 is 0 Å². The number of rotatable bonds is 4. The molecule has 2 aromatic heterocycles. The molecule has 2 aromatic rings. The van der Waals surface area contributed by atoms with E-state index in [0.29, 0.717) is 5.69 Å². The van der Waals surface area contributed by atoms with Crippen LogP contribution in [0.15, 0.2) is 27.7 Å². The van der Waals surface area contributed by atoms with E-state index in [2.05, 4.69) is 35.8 Å². The minimum absolute atomic E-state index is 0.0558. The Labute approximate surface area is 118 Å². The number of aromatic amines is 1. The highest BCUT2D eigenvalue weighted by molar-refractivity contribution is 9.10. The lowest BCUT2D eigenvalue weighted by Crippen LogP contribution is -2.16. The van der Waals surface area contributed by atoms with Gasteiger partial charge in [0.25, 0.3) is 10.0 Å². The van der Waals surface area contributed by atoms with Crippen molar-refractivity contribution in [1.82, 2.24) is 15.2 Å². The molecule has 0 aliphatic heterocycles. The second-order valence-corrected chi connectivity index (χ2v) is 6.28. The number of anilines is 1. The maximum Gasteiger partial charge on any atom is 0.266 e. The number of hydrogen-bond donors (Lipinski definition) is 3. The Kier molecular flexibility index (Phi) is 3.88. The summed E-state index contributed by atoms with van der Waals surface area (Å²) in [6.07, 6.45) is 1.48. The third-order valence-corrected chi connectivity index (χ3v) is 4.37. The monoisotopic (exact) mass is 346 g/mol. The van der Waals surface area contributed by atoms with Gasteiger partial charge in [0.2, 0.25) is 0 Å². The molecule has 0 unspecified atom stereocenters. The van der Waals surface area contributed by atoms with Crippen LogP contribution in [-0.4, -0.2) is 28.7 Å². The van der Waals surface area contributed by atoms with Gasteiger partial charge in [-0.15, -0.1) is 0 Å². The van der Waals surface area contributed by atoms with E-state index >= 15 is 0 Å². The highest BCUT2D eigenvalue weighted by Gasteiger charge is 2.24. The number of aromatic nitrogens is 3. The Hall–Kier alpha value is -1.45. The molecule has 3 N–H and O–H groups in total. The molecule has 0 spiro atoms. The Morgan fingerprint density at radius 2 is 2.21 bits per heavy atom. The van der Waals surface area contributed by atoms with Crippen LogP contribution in [0, 0.1) is 6.92 Å². The fourth-order valence-corrected chi connectivity index (χ4v) is 3.16. The van der Waals surface area contributed by atoms with E-state index in [1.165, 1.54) is 12.3 Å². The number of nitrogens with zero attached hydrogens (tertiary/aromatic N) is 2. The van der Waals surface area contributed by atoms with Crippen molar-refractivity contribution in [3.8, 4) is 0 Å². The second-order valence-electron chi connectivity index (χ2n) is 3.75. The van der Waals surface area contributed by atoms with Gasteiger partial charge in [0.05, 0.1) is 12.3 Å². The van der Waals surface area contributed by atoms with Crippen LogP contribution in [0.5, 0.6) is 0 Å². The van der Waals surface area contributed by atoms with Gasteiger partial charge in [-0.05, 0) is 35.0 Å². The van der Waals surface area contributed by atoms with Crippen LogP contribution in [0.3, 0.4) is 0 Å². The number of aryl methyl sites for hydroxylation is 1. The Bertz CT molecular complexity index is 681. The molecule has 7 nitrogen and oxygen atoms in total. The van der Waals surface area contributed by atoms with Crippen molar-refractivity contribution in [3.63, 3.8) is 0 Å². The second kappa shape index (κ2) is 5.27. The highest BCUT2D eigenvalue weighted by atomic mass is 79.9. The standard InChI is InChI=1S/C10H11BrN4O3S/c1-6-10(8(5-16)14-13-6)19(17,18)15-9-3-2-7(11)4-12-9/h2-4,16H,5H2,1H3,(H,12,15)(H,13,14). The molecule has 0 saturated carbocycles. The number of nitrogens with one attached hydrogen (secondary N) is 2. The minimum Gasteiger partial charge on any atom is -0.390 e. The van der Waals surface area contributed by atoms with Crippen molar-refractivity contribution in [2.45, 2.75) is 18.4 Å². The van der Waals surface area contributed by atoms with Crippen LogP contribution in [0.1, 0.15) is 11.4 Å². The minimum atomic E-state index is -3.84. The van der Waals surface area contributed by atoms with Crippen LogP contribution in [0.2, 0.25) is 0 Å². The van der Waals surface area contributed by atoms with Crippen LogP contribution in [-0.2, 0) is 16.6 Å². The number of halogens is 1. The normalized spacial score (nSPS) is 11.5. The summed E-state index contributed by atoms with van der Waals surface area (Å²) in [6, 6.07) is 3.19. The third kappa shape index (κ3) is 2.94. The van der Waals surface area contributed by atoms with Crippen LogP contribution < -0.4 is 4.72 Å². The van der Waals surface area contributed by atoms with E-state index in [1.54, 1.807) is 13.0 Å². The topological polar surface area (TPSA) is 108 Å².